The molecule has 0 aliphatic carbocycles. The maximum atomic E-state index is 12.9. The Bertz CT molecular complexity index is 397. The number of benzene rings is 1. The number of carbonyl (C=O) groups excluding carboxylic acids is 2. The van der Waals surface area contributed by atoms with Gasteiger partial charge in [-0.05, 0) is 37.1 Å². The number of aryl methyl sites for hydroxylation is 1. The molecule has 0 unspecified atom stereocenters. The lowest BCUT2D eigenvalue weighted by atomic mass is 10.0. The lowest BCUT2D eigenvalue weighted by molar-refractivity contribution is -0.115. The van der Waals surface area contributed by atoms with Gasteiger partial charge in [-0.15, -0.1) is 0 Å². The highest BCUT2D eigenvalue weighted by Gasteiger charge is 2.15. The third kappa shape index (κ3) is 2.72. The van der Waals surface area contributed by atoms with Crippen molar-refractivity contribution in [3.8, 4) is 0 Å². The van der Waals surface area contributed by atoms with Gasteiger partial charge >= 0.3 is 0 Å². The number of ketones is 2. The van der Waals surface area contributed by atoms with Crippen molar-refractivity contribution in [2.24, 2.45) is 0 Å². The van der Waals surface area contributed by atoms with Crippen LogP contribution in [0.2, 0.25) is 0 Å². The Morgan fingerprint density at radius 1 is 1.33 bits per heavy atom. The molecule has 0 saturated heterocycles. The molecule has 0 saturated carbocycles. The number of carbonyl (C=O) groups is 2. The zero-order valence-electron chi connectivity index (χ0n) is 8.84. The van der Waals surface area contributed by atoms with E-state index in [9.17, 15) is 14.0 Å². The second-order valence-electron chi connectivity index (χ2n) is 3.47. The molecular weight excluding hydrogens is 195 g/mol. The van der Waals surface area contributed by atoms with Gasteiger partial charge in [-0.1, -0.05) is 6.92 Å². The topological polar surface area (TPSA) is 34.1 Å². The summed E-state index contributed by atoms with van der Waals surface area (Å²) in [4.78, 5) is 22.8. The highest BCUT2D eigenvalue weighted by atomic mass is 19.1. The first-order chi connectivity index (χ1) is 7.06. The SMILES string of the molecule is CCCC(=O)C(=O)c1ccc(F)c(C)c1. The summed E-state index contributed by atoms with van der Waals surface area (Å²) in [6.45, 7) is 3.40. The van der Waals surface area contributed by atoms with Crippen LogP contribution in [0.15, 0.2) is 18.2 Å². The minimum atomic E-state index is -0.528. The molecule has 0 aliphatic rings. The highest BCUT2D eigenvalue weighted by Crippen LogP contribution is 2.11. The summed E-state index contributed by atoms with van der Waals surface area (Å²) in [5.41, 5.74) is 0.650. The van der Waals surface area contributed by atoms with Crippen LogP contribution in [0.5, 0.6) is 0 Å². The number of Topliss-reactive ketones (excluding diaryl/α,β-unsaturated/α-hetero) is 2. The molecule has 15 heavy (non-hydrogen) atoms. The lowest BCUT2D eigenvalue weighted by Gasteiger charge is -2.01. The van der Waals surface area contributed by atoms with Gasteiger partial charge in [0.05, 0.1) is 0 Å². The minimum absolute atomic E-state index is 0.245. The molecule has 0 bridgehead atoms. The normalized spacial score (nSPS) is 10.1. The molecule has 0 atom stereocenters. The third-order valence-corrected chi connectivity index (χ3v) is 2.15. The Labute approximate surface area is 88.1 Å². The van der Waals surface area contributed by atoms with Crippen molar-refractivity contribution in [1.82, 2.24) is 0 Å². The van der Waals surface area contributed by atoms with Gasteiger partial charge in [0.25, 0.3) is 0 Å². The first kappa shape index (κ1) is 11.6. The maximum absolute atomic E-state index is 12.9. The second-order valence-corrected chi connectivity index (χ2v) is 3.47. The molecule has 1 aromatic carbocycles. The van der Waals surface area contributed by atoms with Crippen molar-refractivity contribution in [2.75, 3.05) is 0 Å². The van der Waals surface area contributed by atoms with E-state index in [1.165, 1.54) is 18.2 Å². The van der Waals surface area contributed by atoms with E-state index in [-0.39, 0.29) is 17.8 Å². The van der Waals surface area contributed by atoms with E-state index in [4.69, 9.17) is 0 Å². The molecule has 0 N–H and O–H groups in total. The first-order valence-electron chi connectivity index (χ1n) is 4.90. The predicted molar refractivity (Wildman–Crippen MR) is 55.4 cm³/mol. The summed E-state index contributed by atoms with van der Waals surface area (Å²) in [5.74, 6) is -1.31. The summed E-state index contributed by atoms with van der Waals surface area (Å²) in [5, 5.41) is 0. The predicted octanol–water partition coefficient (Wildman–Crippen LogP) is 2.69. The van der Waals surface area contributed by atoms with Crippen molar-refractivity contribution in [1.29, 1.82) is 0 Å². The van der Waals surface area contributed by atoms with Crippen LogP contribution in [0.3, 0.4) is 0 Å². The van der Waals surface area contributed by atoms with Crippen molar-refractivity contribution in [3.63, 3.8) is 0 Å². The minimum Gasteiger partial charge on any atom is -0.290 e. The van der Waals surface area contributed by atoms with Crippen LogP contribution in [0.1, 0.15) is 35.7 Å². The van der Waals surface area contributed by atoms with E-state index in [0.29, 0.717) is 12.0 Å². The van der Waals surface area contributed by atoms with Crippen LogP contribution in [0.4, 0.5) is 4.39 Å². The Balaban J connectivity index is 2.92. The van der Waals surface area contributed by atoms with E-state index in [1.807, 2.05) is 6.92 Å². The zero-order valence-corrected chi connectivity index (χ0v) is 8.84. The van der Waals surface area contributed by atoms with E-state index in [0.717, 1.165) is 0 Å². The van der Waals surface area contributed by atoms with E-state index >= 15 is 0 Å². The molecule has 0 fully saturated rings. The van der Waals surface area contributed by atoms with Crippen LogP contribution in [0.25, 0.3) is 0 Å². The summed E-state index contributed by atoms with van der Waals surface area (Å²) >= 11 is 0. The maximum Gasteiger partial charge on any atom is 0.228 e. The molecular formula is C12H13FO2. The molecule has 80 valence electrons. The van der Waals surface area contributed by atoms with Gasteiger partial charge in [-0.25, -0.2) is 4.39 Å². The molecule has 0 radical (unpaired) electrons. The van der Waals surface area contributed by atoms with Crippen LogP contribution < -0.4 is 0 Å². The monoisotopic (exact) mass is 208 g/mol. The van der Waals surface area contributed by atoms with Gasteiger partial charge < -0.3 is 0 Å². The smallest absolute Gasteiger partial charge is 0.228 e. The van der Waals surface area contributed by atoms with Crippen LogP contribution in [0, 0.1) is 12.7 Å². The quantitative estimate of drug-likeness (QED) is 0.563. The van der Waals surface area contributed by atoms with Crippen molar-refractivity contribution in [2.45, 2.75) is 26.7 Å². The van der Waals surface area contributed by atoms with Crippen LogP contribution in [-0.2, 0) is 4.79 Å². The Morgan fingerprint density at radius 2 is 2.00 bits per heavy atom. The Hall–Kier alpha value is -1.51. The Morgan fingerprint density at radius 3 is 2.53 bits per heavy atom. The third-order valence-electron chi connectivity index (χ3n) is 2.15. The fourth-order valence-corrected chi connectivity index (χ4v) is 1.29. The second kappa shape index (κ2) is 4.82. The molecule has 1 aromatic rings. The summed E-state index contributed by atoms with van der Waals surface area (Å²) < 4.78 is 12.9. The fourth-order valence-electron chi connectivity index (χ4n) is 1.29. The molecule has 0 spiro atoms. The van der Waals surface area contributed by atoms with Gasteiger partial charge in [0.2, 0.25) is 11.6 Å². The van der Waals surface area contributed by atoms with Gasteiger partial charge in [0.1, 0.15) is 5.82 Å². The number of hydrogen-bond acceptors (Lipinski definition) is 2. The van der Waals surface area contributed by atoms with Crippen molar-refractivity contribution < 1.29 is 14.0 Å². The molecule has 0 heterocycles. The highest BCUT2D eigenvalue weighted by molar-refractivity contribution is 6.43. The molecule has 1 rings (SSSR count). The number of hydrogen-bond donors (Lipinski definition) is 0. The molecule has 2 nitrogen and oxygen atoms in total. The van der Waals surface area contributed by atoms with Gasteiger partial charge in [0.15, 0.2) is 0 Å². The summed E-state index contributed by atoms with van der Waals surface area (Å²) in [7, 11) is 0. The standard InChI is InChI=1S/C12H13FO2/c1-3-4-11(14)12(15)9-5-6-10(13)8(2)7-9/h5-7H,3-4H2,1-2H3. The van der Waals surface area contributed by atoms with Gasteiger partial charge in [-0.3, -0.25) is 9.59 Å². The summed E-state index contributed by atoms with van der Waals surface area (Å²) in [6.07, 6.45) is 0.889. The van der Waals surface area contributed by atoms with Gasteiger partial charge in [0, 0.05) is 12.0 Å². The molecule has 0 aliphatic heterocycles. The average molecular weight is 208 g/mol. The number of halogens is 1. The summed E-state index contributed by atoms with van der Waals surface area (Å²) in [6, 6.07) is 3.96. The first-order valence-corrected chi connectivity index (χ1v) is 4.90. The molecule has 0 aromatic heterocycles. The van der Waals surface area contributed by atoms with Crippen LogP contribution >= 0.6 is 0 Å². The lowest BCUT2D eigenvalue weighted by Crippen LogP contribution is -2.13. The van der Waals surface area contributed by atoms with Gasteiger partial charge in [-0.2, -0.15) is 0 Å². The fraction of sp³-hybridized carbons (Fsp3) is 0.333. The van der Waals surface area contributed by atoms with Crippen LogP contribution in [-0.4, -0.2) is 11.6 Å². The van der Waals surface area contributed by atoms with E-state index in [2.05, 4.69) is 0 Å². The van der Waals surface area contributed by atoms with E-state index in [1.54, 1.807) is 6.92 Å². The number of rotatable bonds is 4. The van der Waals surface area contributed by atoms with Crippen molar-refractivity contribution >= 4 is 11.6 Å². The average Bonchev–Trinajstić information content (AvgIpc) is 2.21. The molecule has 3 heteroatoms. The Kier molecular flexibility index (Phi) is 3.72. The zero-order chi connectivity index (χ0) is 11.4. The molecule has 0 amide bonds. The van der Waals surface area contributed by atoms with E-state index < -0.39 is 11.6 Å². The largest absolute Gasteiger partial charge is 0.290 e. The van der Waals surface area contributed by atoms with Crippen molar-refractivity contribution in [3.05, 3.63) is 35.1 Å².